The van der Waals surface area contributed by atoms with E-state index in [0.717, 1.165) is 11.1 Å². The highest BCUT2D eigenvalue weighted by Crippen LogP contribution is 2.20. The molecule has 0 bridgehead atoms. The van der Waals surface area contributed by atoms with Crippen molar-refractivity contribution >= 4 is 0 Å². The molecule has 0 amide bonds. The van der Waals surface area contributed by atoms with Gasteiger partial charge in [0.25, 0.3) is 0 Å². The van der Waals surface area contributed by atoms with Crippen LogP contribution in [0.1, 0.15) is 34.6 Å². The fraction of sp³-hybridized carbons (Fsp3) is 0.647. The molecule has 0 spiro atoms. The lowest BCUT2D eigenvalue weighted by molar-refractivity contribution is 0.162. The van der Waals surface area contributed by atoms with Crippen LogP contribution in [0.15, 0.2) is 36.5 Å². The van der Waals surface area contributed by atoms with Gasteiger partial charge in [0.2, 0.25) is 0 Å². The highest BCUT2D eigenvalue weighted by Gasteiger charge is 2.20. The molecule has 0 aliphatic rings. The van der Waals surface area contributed by atoms with Crippen molar-refractivity contribution in [1.29, 1.82) is 0 Å². The topological polar surface area (TPSA) is 3.24 Å². The minimum Gasteiger partial charge on any atom is -0.301 e. The fourth-order valence-corrected chi connectivity index (χ4v) is 1.43. The summed E-state index contributed by atoms with van der Waals surface area (Å²) >= 11 is 0. The van der Waals surface area contributed by atoms with Gasteiger partial charge in [0.1, 0.15) is 6.17 Å². The van der Waals surface area contributed by atoms with Crippen LogP contribution in [0.3, 0.4) is 0 Å². The summed E-state index contributed by atoms with van der Waals surface area (Å²) in [5, 5.41) is 0. The largest absolute Gasteiger partial charge is 0.301 e. The van der Waals surface area contributed by atoms with Gasteiger partial charge < -0.3 is 4.90 Å². The van der Waals surface area contributed by atoms with Crippen LogP contribution >= 0.6 is 0 Å². The highest BCUT2D eigenvalue weighted by molar-refractivity contribution is 5.27. The third-order valence-electron chi connectivity index (χ3n) is 3.72. The molecule has 19 heavy (non-hydrogen) atoms. The van der Waals surface area contributed by atoms with Gasteiger partial charge in [-0.15, -0.1) is 0 Å². The monoisotopic (exact) mass is 267 g/mol. The van der Waals surface area contributed by atoms with Gasteiger partial charge in [0.15, 0.2) is 0 Å². The second-order valence-electron chi connectivity index (χ2n) is 5.98. The molecular weight excluding hydrogens is 237 g/mol. The third-order valence-corrected chi connectivity index (χ3v) is 3.72. The number of alkyl halides is 1. The van der Waals surface area contributed by atoms with Gasteiger partial charge in [-0.2, -0.15) is 0 Å². The number of hydrogen-bond acceptors (Lipinski definition) is 1. The lowest BCUT2D eigenvalue weighted by atomic mass is 9.95. The van der Waals surface area contributed by atoms with Crippen LogP contribution in [0.5, 0.6) is 0 Å². The Hall–Kier alpha value is -0.890. The van der Waals surface area contributed by atoms with Gasteiger partial charge >= 0.3 is 0 Å². The van der Waals surface area contributed by atoms with Gasteiger partial charge in [-0.1, -0.05) is 51.7 Å². The average molecular weight is 267 g/mol. The quantitative estimate of drug-likeness (QED) is 0.580. The third kappa shape index (κ3) is 6.72. The Kier molecular flexibility index (Phi) is 7.93. The first kappa shape index (κ1) is 18.1. The van der Waals surface area contributed by atoms with Crippen LogP contribution in [0.4, 0.5) is 4.39 Å². The molecule has 0 fully saturated rings. The first-order valence-corrected chi connectivity index (χ1v) is 7.06. The van der Waals surface area contributed by atoms with Crippen molar-refractivity contribution in [3.8, 4) is 0 Å². The summed E-state index contributed by atoms with van der Waals surface area (Å²) in [4.78, 5) is 2.02. The maximum Gasteiger partial charge on any atom is 0.119 e. The van der Waals surface area contributed by atoms with Crippen LogP contribution in [-0.4, -0.2) is 30.7 Å². The average Bonchev–Trinajstić information content (AvgIpc) is 2.33. The minimum atomic E-state index is -0.892. The standard InChI is InChI=1S/C17H30FN/c1-12(2)14(5)9-10-15(6)16(7)17(18)11-19(8)13(3)4/h9-10,12-13,16-17H,5-6,11H2,1-4,7-8H3/b10-9-. The first-order valence-electron chi connectivity index (χ1n) is 7.06. The molecule has 2 heteroatoms. The molecule has 1 nitrogen and oxygen atoms in total. The van der Waals surface area contributed by atoms with Crippen molar-refractivity contribution in [3.63, 3.8) is 0 Å². The van der Waals surface area contributed by atoms with E-state index in [4.69, 9.17) is 0 Å². The van der Waals surface area contributed by atoms with Crippen LogP contribution < -0.4 is 0 Å². The molecule has 0 aromatic heterocycles. The molecule has 0 saturated carbocycles. The van der Waals surface area contributed by atoms with E-state index in [-0.39, 0.29) is 5.92 Å². The van der Waals surface area contributed by atoms with Crippen LogP contribution in [0.25, 0.3) is 0 Å². The zero-order valence-corrected chi connectivity index (χ0v) is 13.4. The van der Waals surface area contributed by atoms with E-state index < -0.39 is 6.17 Å². The lowest BCUT2D eigenvalue weighted by Gasteiger charge is -2.26. The van der Waals surface area contributed by atoms with E-state index >= 15 is 0 Å². The van der Waals surface area contributed by atoms with Gasteiger partial charge in [-0.05, 0) is 32.4 Å². The number of allylic oxidation sites excluding steroid dienone is 4. The molecule has 0 saturated heterocycles. The Balaban J connectivity index is 4.44. The van der Waals surface area contributed by atoms with Gasteiger partial charge in [0.05, 0.1) is 0 Å². The SMILES string of the molecule is C=C(/C=C\C(=C)C(C)C(F)CN(C)C(C)C)C(C)C. The number of halogens is 1. The summed E-state index contributed by atoms with van der Waals surface area (Å²) in [7, 11) is 1.95. The lowest BCUT2D eigenvalue weighted by Crippen LogP contribution is -2.35. The Bertz CT molecular complexity index is 328. The van der Waals surface area contributed by atoms with Gasteiger partial charge in [0, 0.05) is 18.5 Å². The van der Waals surface area contributed by atoms with E-state index in [0.29, 0.717) is 18.5 Å². The second kappa shape index (κ2) is 8.31. The van der Waals surface area contributed by atoms with Crippen molar-refractivity contribution in [3.05, 3.63) is 36.5 Å². The maximum atomic E-state index is 14.2. The molecule has 110 valence electrons. The van der Waals surface area contributed by atoms with Crippen molar-refractivity contribution in [1.82, 2.24) is 4.90 Å². The summed E-state index contributed by atoms with van der Waals surface area (Å²) in [6.45, 7) is 18.6. The summed E-state index contributed by atoms with van der Waals surface area (Å²) in [6, 6.07) is 0.356. The van der Waals surface area contributed by atoms with Crippen molar-refractivity contribution in [2.45, 2.75) is 46.8 Å². The Morgan fingerprint density at radius 2 is 1.53 bits per heavy atom. The molecule has 0 aromatic carbocycles. The van der Waals surface area contributed by atoms with Crippen LogP contribution in [0, 0.1) is 11.8 Å². The molecule has 2 atom stereocenters. The van der Waals surface area contributed by atoms with Crippen LogP contribution in [-0.2, 0) is 0 Å². The van der Waals surface area contributed by atoms with E-state index in [1.54, 1.807) is 0 Å². The summed E-state index contributed by atoms with van der Waals surface area (Å²) in [5.41, 5.74) is 1.87. The van der Waals surface area contributed by atoms with Crippen molar-refractivity contribution < 1.29 is 4.39 Å². The number of rotatable bonds is 8. The molecule has 0 heterocycles. The predicted octanol–water partition coefficient (Wildman–Crippen LogP) is 4.63. The van der Waals surface area contributed by atoms with E-state index in [9.17, 15) is 4.39 Å². The fourth-order valence-electron chi connectivity index (χ4n) is 1.43. The van der Waals surface area contributed by atoms with Gasteiger partial charge in [-0.25, -0.2) is 4.39 Å². The Morgan fingerprint density at radius 3 is 1.95 bits per heavy atom. The normalized spacial score (nSPS) is 15.5. The Labute approximate surface area is 118 Å². The summed E-state index contributed by atoms with van der Waals surface area (Å²) in [6.07, 6.45) is 2.95. The second-order valence-corrected chi connectivity index (χ2v) is 5.98. The molecule has 0 radical (unpaired) electrons. The highest BCUT2D eigenvalue weighted by atomic mass is 19.1. The molecule has 0 aromatic rings. The zero-order valence-electron chi connectivity index (χ0n) is 13.4. The molecule has 0 N–H and O–H groups in total. The first-order chi connectivity index (χ1) is 8.66. The smallest absolute Gasteiger partial charge is 0.119 e. The van der Waals surface area contributed by atoms with E-state index in [1.807, 2.05) is 31.0 Å². The minimum absolute atomic E-state index is 0.169. The summed E-state index contributed by atoms with van der Waals surface area (Å²) < 4.78 is 14.2. The van der Waals surface area contributed by atoms with E-state index in [1.165, 1.54) is 0 Å². The Morgan fingerprint density at radius 1 is 1.05 bits per heavy atom. The maximum absolute atomic E-state index is 14.2. The molecule has 0 aliphatic heterocycles. The van der Waals surface area contributed by atoms with Gasteiger partial charge in [-0.3, -0.25) is 0 Å². The molecule has 0 aliphatic carbocycles. The number of hydrogen-bond donors (Lipinski definition) is 0. The number of nitrogens with zero attached hydrogens (tertiary/aromatic N) is 1. The molecular formula is C17H30FN. The predicted molar refractivity (Wildman–Crippen MR) is 84.1 cm³/mol. The van der Waals surface area contributed by atoms with E-state index in [2.05, 4.69) is 40.9 Å². The molecule has 2 unspecified atom stereocenters. The summed E-state index contributed by atoms with van der Waals surface area (Å²) in [5.74, 6) is 0.241. The van der Waals surface area contributed by atoms with Crippen molar-refractivity contribution in [2.24, 2.45) is 11.8 Å². The zero-order chi connectivity index (χ0) is 15.2. The molecule has 0 rings (SSSR count). The van der Waals surface area contributed by atoms with Crippen molar-refractivity contribution in [2.75, 3.05) is 13.6 Å². The van der Waals surface area contributed by atoms with Crippen LogP contribution in [0.2, 0.25) is 0 Å².